The summed E-state index contributed by atoms with van der Waals surface area (Å²) >= 11 is 0. The number of allylic oxidation sites excluding steroid dienone is 3. The molecule has 0 aromatic rings. The first-order valence-corrected chi connectivity index (χ1v) is 12.4. The number of hydrogen-bond acceptors (Lipinski definition) is 1. The van der Waals surface area contributed by atoms with Gasteiger partial charge in [-0.3, -0.25) is 0 Å². The standard InChI is InChI=1S/C27H44O/c1-18(2)7-6-8-19(3)23-11-12-24-22-10-9-20-17-21(28)13-15-26(20,4)25(22)14-16-27(23,24)5/h17-19,21,23,25,28H,6-16H2,1-5H3/t19-,21+,23-,25+,26+,27-/m1/s1. The van der Waals surface area contributed by atoms with Crippen LogP contribution >= 0.6 is 0 Å². The maximum atomic E-state index is 10.2. The van der Waals surface area contributed by atoms with Crippen LogP contribution in [0.5, 0.6) is 0 Å². The molecule has 0 aromatic heterocycles. The van der Waals surface area contributed by atoms with Crippen LogP contribution in [0.15, 0.2) is 22.8 Å². The van der Waals surface area contributed by atoms with Crippen LogP contribution in [0.2, 0.25) is 0 Å². The molecule has 0 amide bonds. The smallest absolute Gasteiger partial charge is 0.0724 e. The van der Waals surface area contributed by atoms with E-state index in [1.165, 1.54) is 64.2 Å². The summed E-state index contributed by atoms with van der Waals surface area (Å²) in [6, 6.07) is 0. The van der Waals surface area contributed by atoms with Gasteiger partial charge in [-0.05, 0) is 85.9 Å². The highest BCUT2D eigenvalue weighted by molar-refractivity contribution is 5.39. The minimum absolute atomic E-state index is 0.186. The molecule has 1 heteroatoms. The van der Waals surface area contributed by atoms with E-state index in [1.807, 2.05) is 11.1 Å². The van der Waals surface area contributed by atoms with Crippen LogP contribution in [0.4, 0.5) is 0 Å². The summed E-state index contributed by atoms with van der Waals surface area (Å²) in [5.74, 6) is 3.38. The molecule has 0 radical (unpaired) electrons. The molecule has 0 bridgehead atoms. The Morgan fingerprint density at radius 2 is 1.71 bits per heavy atom. The molecule has 2 saturated carbocycles. The van der Waals surface area contributed by atoms with E-state index in [1.54, 1.807) is 5.57 Å². The molecule has 1 N–H and O–H groups in total. The Labute approximate surface area is 174 Å². The molecule has 0 heterocycles. The first kappa shape index (κ1) is 20.7. The van der Waals surface area contributed by atoms with E-state index >= 15 is 0 Å². The Bertz CT molecular complexity index is 655. The maximum absolute atomic E-state index is 10.2. The van der Waals surface area contributed by atoms with E-state index in [-0.39, 0.29) is 6.10 Å². The zero-order valence-electron chi connectivity index (χ0n) is 19.2. The van der Waals surface area contributed by atoms with E-state index in [4.69, 9.17) is 0 Å². The van der Waals surface area contributed by atoms with Gasteiger partial charge in [0, 0.05) is 0 Å². The molecule has 0 aromatic carbocycles. The Morgan fingerprint density at radius 1 is 0.964 bits per heavy atom. The second-order valence-electron chi connectivity index (χ2n) is 11.7. The highest BCUT2D eigenvalue weighted by Gasteiger charge is 2.53. The molecule has 0 aliphatic heterocycles. The fraction of sp³-hybridized carbons (Fsp3) is 0.852. The highest BCUT2D eigenvalue weighted by Crippen LogP contribution is 2.65. The number of aliphatic hydroxyl groups is 1. The summed E-state index contributed by atoms with van der Waals surface area (Å²) < 4.78 is 0. The molecular weight excluding hydrogens is 340 g/mol. The average Bonchev–Trinajstić information content (AvgIpc) is 2.99. The van der Waals surface area contributed by atoms with Gasteiger partial charge in [-0.25, -0.2) is 0 Å². The molecule has 4 aliphatic carbocycles. The van der Waals surface area contributed by atoms with Crippen LogP contribution in [0.3, 0.4) is 0 Å². The van der Waals surface area contributed by atoms with Crippen molar-refractivity contribution >= 4 is 0 Å². The Morgan fingerprint density at radius 3 is 2.46 bits per heavy atom. The van der Waals surface area contributed by atoms with Crippen molar-refractivity contribution in [3.8, 4) is 0 Å². The first-order chi connectivity index (χ1) is 13.3. The Hall–Kier alpha value is -0.560. The third kappa shape index (κ3) is 3.34. The quantitative estimate of drug-likeness (QED) is 0.488. The highest BCUT2D eigenvalue weighted by atomic mass is 16.3. The molecular formula is C27H44O. The second-order valence-corrected chi connectivity index (χ2v) is 11.7. The van der Waals surface area contributed by atoms with Crippen molar-refractivity contribution in [2.45, 2.75) is 111 Å². The number of fused-ring (bicyclic) bond motifs is 4. The summed E-state index contributed by atoms with van der Waals surface area (Å²) in [6.45, 7) is 12.4. The lowest BCUT2D eigenvalue weighted by Gasteiger charge is -2.53. The molecule has 158 valence electrons. The van der Waals surface area contributed by atoms with Gasteiger partial charge in [0.2, 0.25) is 0 Å². The first-order valence-electron chi connectivity index (χ1n) is 12.4. The Balaban J connectivity index is 1.56. The van der Waals surface area contributed by atoms with Crippen LogP contribution in [0, 0.1) is 34.5 Å². The van der Waals surface area contributed by atoms with Gasteiger partial charge < -0.3 is 5.11 Å². The van der Waals surface area contributed by atoms with Gasteiger partial charge in [0.25, 0.3) is 0 Å². The van der Waals surface area contributed by atoms with Crippen molar-refractivity contribution in [3.05, 3.63) is 22.8 Å². The predicted octanol–water partition coefficient (Wildman–Crippen LogP) is 7.45. The van der Waals surface area contributed by atoms with Gasteiger partial charge in [-0.2, -0.15) is 0 Å². The van der Waals surface area contributed by atoms with Gasteiger partial charge in [-0.1, -0.05) is 76.7 Å². The molecule has 28 heavy (non-hydrogen) atoms. The molecule has 4 aliphatic rings. The van der Waals surface area contributed by atoms with Crippen LogP contribution in [0.1, 0.15) is 105 Å². The largest absolute Gasteiger partial charge is 0.389 e. The minimum atomic E-state index is -0.186. The van der Waals surface area contributed by atoms with Crippen molar-refractivity contribution in [2.75, 3.05) is 0 Å². The van der Waals surface area contributed by atoms with Gasteiger partial charge >= 0.3 is 0 Å². The van der Waals surface area contributed by atoms with Gasteiger partial charge in [0.15, 0.2) is 0 Å². The zero-order valence-corrected chi connectivity index (χ0v) is 19.2. The van der Waals surface area contributed by atoms with Gasteiger partial charge in [-0.15, -0.1) is 0 Å². The monoisotopic (exact) mass is 384 g/mol. The number of rotatable bonds is 5. The lowest BCUT2D eigenvalue weighted by molar-refractivity contribution is 0.0925. The minimum Gasteiger partial charge on any atom is -0.389 e. The summed E-state index contributed by atoms with van der Waals surface area (Å²) in [6.07, 6.45) is 16.5. The average molecular weight is 385 g/mol. The third-order valence-corrected chi connectivity index (χ3v) is 9.62. The lowest BCUT2D eigenvalue weighted by Crippen LogP contribution is -2.43. The van der Waals surface area contributed by atoms with Crippen molar-refractivity contribution < 1.29 is 5.11 Å². The predicted molar refractivity (Wildman–Crippen MR) is 119 cm³/mol. The fourth-order valence-electron chi connectivity index (χ4n) is 7.96. The van der Waals surface area contributed by atoms with Crippen molar-refractivity contribution in [1.29, 1.82) is 0 Å². The topological polar surface area (TPSA) is 20.2 Å². The molecule has 0 spiro atoms. The SMILES string of the molecule is CC(C)CCC[C@@H](C)[C@H]1CCC2=C3CCC4=C[C@@H](O)CC[C@]4(C)[C@H]3CC[C@@]21C. The third-order valence-electron chi connectivity index (χ3n) is 9.62. The van der Waals surface area contributed by atoms with Gasteiger partial charge in [0.1, 0.15) is 0 Å². The zero-order chi connectivity index (χ0) is 20.1. The van der Waals surface area contributed by atoms with Crippen LogP contribution < -0.4 is 0 Å². The van der Waals surface area contributed by atoms with E-state index < -0.39 is 0 Å². The van der Waals surface area contributed by atoms with Crippen molar-refractivity contribution in [2.24, 2.45) is 34.5 Å². The molecule has 4 rings (SSSR count). The molecule has 6 atom stereocenters. The molecule has 0 unspecified atom stereocenters. The summed E-state index contributed by atoms with van der Waals surface area (Å²) in [5.41, 5.74) is 6.18. The molecule has 2 fully saturated rings. The number of hydrogen-bond donors (Lipinski definition) is 1. The van der Waals surface area contributed by atoms with E-state index in [2.05, 4.69) is 40.7 Å². The van der Waals surface area contributed by atoms with Gasteiger partial charge in [0.05, 0.1) is 6.10 Å². The summed E-state index contributed by atoms with van der Waals surface area (Å²) in [5, 5.41) is 10.2. The van der Waals surface area contributed by atoms with Crippen LogP contribution in [-0.4, -0.2) is 11.2 Å². The lowest BCUT2D eigenvalue weighted by atomic mass is 9.51. The molecule has 0 saturated heterocycles. The fourth-order valence-corrected chi connectivity index (χ4v) is 7.96. The van der Waals surface area contributed by atoms with E-state index in [9.17, 15) is 5.11 Å². The maximum Gasteiger partial charge on any atom is 0.0724 e. The van der Waals surface area contributed by atoms with E-state index in [0.717, 1.165) is 30.1 Å². The van der Waals surface area contributed by atoms with E-state index in [0.29, 0.717) is 10.8 Å². The van der Waals surface area contributed by atoms with Crippen molar-refractivity contribution in [3.63, 3.8) is 0 Å². The van der Waals surface area contributed by atoms with Crippen LogP contribution in [0.25, 0.3) is 0 Å². The number of aliphatic hydroxyl groups excluding tert-OH is 1. The summed E-state index contributed by atoms with van der Waals surface area (Å²) in [7, 11) is 0. The summed E-state index contributed by atoms with van der Waals surface area (Å²) in [4.78, 5) is 0. The second kappa shape index (κ2) is 7.60. The van der Waals surface area contributed by atoms with Crippen LogP contribution in [-0.2, 0) is 0 Å². The normalized spacial score (nSPS) is 41.4. The van der Waals surface area contributed by atoms with Crippen molar-refractivity contribution in [1.82, 2.24) is 0 Å². The molecule has 1 nitrogen and oxygen atoms in total. The Kier molecular flexibility index (Phi) is 5.62.